The smallest absolute Gasteiger partial charge is 0.410 e. The van der Waals surface area contributed by atoms with Crippen LogP contribution in [0.5, 0.6) is 0 Å². The molecule has 0 heterocycles. The molecule has 0 radical (unpaired) electrons. The summed E-state index contributed by atoms with van der Waals surface area (Å²) in [6.07, 6.45) is 0.953. The quantitative estimate of drug-likeness (QED) is 0.594. The van der Waals surface area contributed by atoms with Crippen molar-refractivity contribution in [2.75, 3.05) is 13.6 Å². The molecule has 0 aliphatic rings. The van der Waals surface area contributed by atoms with Gasteiger partial charge < -0.3 is 9.64 Å². The van der Waals surface area contributed by atoms with Crippen molar-refractivity contribution in [1.29, 1.82) is 0 Å². The molecule has 0 bridgehead atoms. The zero-order chi connectivity index (χ0) is 18.1. The summed E-state index contributed by atoms with van der Waals surface area (Å²) in [6, 6.07) is 16.8. The predicted molar refractivity (Wildman–Crippen MR) is 99.1 cm³/mol. The van der Waals surface area contributed by atoms with Gasteiger partial charge in [-0.3, -0.25) is 4.79 Å². The Balaban J connectivity index is 1.73. The standard InChI is InChI=1S/C18H18BrN3O3/c1-22(18(24)25-13-15-5-3-2-4-6-15)12-17(23)21-20-11-14-7-9-16(19)10-8-14/h2-11H,12-13H2,1H3,(H,21,23). The Labute approximate surface area is 154 Å². The van der Waals surface area contributed by atoms with E-state index in [2.05, 4.69) is 26.5 Å². The van der Waals surface area contributed by atoms with Crippen LogP contribution in [0.2, 0.25) is 0 Å². The van der Waals surface area contributed by atoms with Crippen LogP contribution in [-0.4, -0.2) is 36.7 Å². The van der Waals surface area contributed by atoms with Crippen LogP contribution >= 0.6 is 15.9 Å². The lowest BCUT2D eigenvalue weighted by molar-refractivity contribution is -0.121. The number of nitrogens with one attached hydrogen (secondary N) is 1. The van der Waals surface area contributed by atoms with E-state index in [1.165, 1.54) is 18.2 Å². The van der Waals surface area contributed by atoms with Crippen molar-refractivity contribution in [2.45, 2.75) is 6.61 Å². The Hall–Kier alpha value is -2.67. The van der Waals surface area contributed by atoms with Gasteiger partial charge in [0, 0.05) is 11.5 Å². The first-order valence-corrected chi connectivity index (χ1v) is 8.33. The molecule has 0 aliphatic heterocycles. The first kappa shape index (κ1) is 18.7. The lowest BCUT2D eigenvalue weighted by Crippen LogP contribution is -2.36. The van der Waals surface area contributed by atoms with Gasteiger partial charge >= 0.3 is 6.09 Å². The van der Waals surface area contributed by atoms with E-state index in [1.807, 2.05) is 54.6 Å². The van der Waals surface area contributed by atoms with Crippen LogP contribution in [0.3, 0.4) is 0 Å². The number of ether oxygens (including phenoxy) is 1. The number of amides is 2. The normalized spacial score (nSPS) is 10.5. The summed E-state index contributed by atoms with van der Waals surface area (Å²) in [5.41, 5.74) is 4.10. The molecule has 130 valence electrons. The molecule has 0 saturated heterocycles. The second kappa shape index (κ2) is 9.58. The molecule has 2 amide bonds. The van der Waals surface area contributed by atoms with Gasteiger partial charge in [-0.25, -0.2) is 10.2 Å². The van der Waals surface area contributed by atoms with Crippen molar-refractivity contribution < 1.29 is 14.3 Å². The fourth-order valence-electron chi connectivity index (χ4n) is 1.87. The molecule has 2 aromatic rings. The Kier molecular flexibility index (Phi) is 7.16. The van der Waals surface area contributed by atoms with Gasteiger partial charge in [-0.2, -0.15) is 5.10 Å². The fourth-order valence-corrected chi connectivity index (χ4v) is 2.14. The molecule has 0 aromatic heterocycles. The highest BCUT2D eigenvalue weighted by Gasteiger charge is 2.13. The van der Waals surface area contributed by atoms with E-state index in [0.717, 1.165) is 15.6 Å². The largest absolute Gasteiger partial charge is 0.445 e. The molecule has 6 nitrogen and oxygen atoms in total. The van der Waals surface area contributed by atoms with Crippen LogP contribution in [0, 0.1) is 0 Å². The Morgan fingerprint density at radius 1 is 1.16 bits per heavy atom. The number of carbonyl (C=O) groups is 2. The molecular formula is C18H18BrN3O3. The highest BCUT2D eigenvalue weighted by atomic mass is 79.9. The maximum Gasteiger partial charge on any atom is 0.410 e. The van der Waals surface area contributed by atoms with E-state index in [0.29, 0.717) is 0 Å². The minimum Gasteiger partial charge on any atom is -0.445 e. The number of hydrazone groups is 1. The number of hydrogen-bond donors (Lipinski definition) is 1. The lowest BCUT2D eigenvalue weighted by Gasteiger charge is -2.15. The first-order chi connectivity index (χ1) is 12.0. The van der Waals surface area contributed by atoms with Crippen molar-refractivity contribution >= 4 is 34.1 Å². The van der Waals surface area contributed by atoms with E-state index >= 15 is 0 Å². The first-order valence-electron chi connectivity index (χ1n) is 7.54. The monoisotopic (exact) mass is 403 g/mol. The molecule has 0 unspecified atom stereocenters. The molecule has 7 heteroatoms. The van der Waals surface area contributed by atoms with E-state index in [1.54, 1.807) is 0 Å². The number of likely N-dealkylation sites (N-methyl/N-ethyl adjacent to an activating group) is 1. The topological polar surface area (TPSA) is 71.0 Å². The molecule has 0 aliphatic carbocycles. The highest BCUT2D eigenvalue weighted by molar-refractivity contribution is 9.10. The number of rotatable bonds is 6. The minimum absolute atomic E-state index is 0.148. The van der Waals surface area contributed by atoms with Gasteiger partial charge in [0.15, 0.2) is 0 Å². The molecule has 1 N–H and O–H groups in total. The van der Waals surface area contributed by atoms with Gasteiger partial charge in [0.05, 0.1) is 6.21 Å². The molecule has 0 fully saturated rings. The van der Waals surface area contributed by atoms with Crippen molar-refractivity contribution in [3.05, 3.63) is 70.2 Å². The fraction of sp³-hybridized carbons (Fsp3) is 0.167. The number of hydrogen-bond acceptors (Lipinski definition) is 4. The second-order valence-corrected chi connectivity index (χ2v) is 6.16. The summed E-state index contributed by atoms with van der Waals surface area (Å²) in [4.78, 5) is 24.8. The highest BCUT2D eigenvalue weighted by Crippen LogP contribution is 2.08. The van der Waals surface area contributed by atoms with Crippen LogP contribution in [0.4, 0.5) is 4.79 Å². The third-order valence-electron chi connectivity index (χ3n) is 3.17. The third-order valence-corrected chi connectivity index (χ3v) is 3.70. The lowest BCUT2D eigenvalue weighted by atomic mass is 10.2. The van der Waals surface area contributed by atoms with Crippen LogP contribution in [0.25, 0.3) is 0 Å². The summed E-state index contributed by atoms with van der Waals surface area (Å²) in [7, 11) is 1.49. The molecule has 0 spiro atoms. The van der Waals surface area contributed by atoms with Crippen molar-refractivity contribution in [1.82, 2.24) is 10.3 Å². The summed E-state index contributed by atoms with van der Waals surface area (Å²) < 4.78 is 6.10. The van der Waals surface area contributed by atoms with Gasteiger partial charge in [-0.1, -0.05) is 58.4 Å². The maximum atomic E-state index is 11.9. The molecule has 0 saturated carbocycles. The van der Waals surface area contributed by atoms with Gasteiger partial charge in [-0.05, 0) is 23.3 Å². The predicted octanol–water partition coefficient (Wildman–Crippen LogP) is 3.17. The molecule has 2 aromatic carbocycles. The van der Waals surface area contributed by atoms with E-state index in [-0.39, 0.29) is 13.2 Å². The van der Waals surface area contributed by atoms with E-state index in [4.69, 9.17) is 4.74 Å². The average molecular weight is 404 g/mol. The maximum absolute atomic E-state index is 11.9. The Morgan fingerprint density at radius 3 is 2.52 bits per heavy atom. The number of carbonyl (C=O) groups excluding carboxylic acids is 2. The minimum atomic E-state index is -0.573. The Bertz CT molecular complexity index is 733. The van der Waals surface area contributed by atoms with Gasteiger partial charge in [0.2, 0.25) is 0 Å². The van der Waals surface area contributed by atoms with Crippen LogP contribution in [0.1, 0.15) is 11.1 Å². The van der Waals surface area contributed by atoms with Crippen LogP contribution in [-0.2, 0) is 16.1 Å². The zero-order valence-electron chi connectivity index (χ0n) is 13.7. The molecular weight excluding hydrogens is 386 g/mol. The zero-order valence-corrected chi connectivity index (χ0v) is 15.3. The average Bonchev–Trinajstić information content (AvgIpc) is 2.62. The summed E-state index contributed by atoms with van der Waals surface area (Å²) >= 11 is 3.34. The van der Waals surface area contributed by atoms with Crippen molar-refractivity contribution in [2.24, 2.45) is 5.10 Å². The van der Waals surface area contributed by atoms with Gasteiger partial charge in [-0.15, -0.1) is 0 Å². The molecule has 0 atom stereocenters. The van der Waals surface area contributed by atoms with Crippen molar-refractivity contribution in [3.63, 3.8) is 0 Å². The second-order valence-electron chi connectivity index (χ2n) is 5.24. The van der Waals surface area contributed by atoms with Crippen LogP contribution < -0.4 is 5.43 Å². The van der Waals surface area contributed by atoms with Gasteiger partial charge in [0.1, 0.15) is 13.2 Å². The SMILES string of the molecule is CN(CC(=O)NN=Cc1ccc(Br)cc1)C(=O)OCc1ccccc1. The molecule has 2 rings (SSSR count). The van der Waals surface area contributed by atoms with E-state index in [9.17, 15) is 9.59 Å². The number of halogens is 1. The third kappa shape index (κ3) is 6.76. The Morgan fingerprint density at radius 2 is 1.84 bits per heavy atom. The molecule has 25 heavy (non-hydrogen) atoms. The van der Waals surface area contributed by atoms with Crippen LogP contribution in [0.15, 0.2) is 64.2 Å². The van der Waals surface area contributed by atoms with E-state index < -0.39 is 12.0 Å². The number of nitrogens with zero attached hydrogens (tertiary/aromatic N) is 2. The summed E-state index contributed by atoms with van der Waals surface area (Å²) in [5, 5.41) is 3.86. The summed E-state index contributed by atoms with van der Waals surface area (Å²) in [6.45, 7) is 0.0126. The van der Waals surface area contributed by atoms with Gasteiger partial charge in [0.25, 0.3) is 5.91 Å². The summed E-state index contributed by atoms with van der Waals surface area (Å²) in [5.74, 6) is -0.410. The number of benzene rings is 2. The van der Waals surface area contributed by atoms with Crippen molar-refractivity contribution in [3.8, 4) is 0 Å².